The normalized spacial score (nSPS) is 17.8. The zero-order chi connectivity index (χ0) is 25.0. The highest BCUT2D eigenvalue weighted by atomic mass is 16.5. The fraction of sp³-hybridized carbons (Fsp3) is 0.448. The molecule has 6 rings (SSSR count). The van der Waals surface area contributed by atoms with Crippen LogP contribution in [0.15, 0.2) is 34.9 Å². The van der Waals surface area contributed by atoms with Crippen LogP contribution in [0.3, 0.4) is 0 Å². The number of nitrogens with two attached hydrogens (primary N) is 1. The molecule has 3 heterocycles. The number of ether oxygens (including phenoxy) is 1. The molecule has 1 saturated carbocycles. The predicted molar refractivity (Wildman–Crippen MR) is 141 cm³/mol. The molecule has 188 valence electrons. The Morgan fingerprint density at radius 3 is 2.58 bits per heavy atom. The molecule has 7 nitrogen and oxygen atoms in total. The maximum Gasteiger partial charge on any atom is 0.250 e. The lowest BCUT2D eigenvalue weighted by Gasteiger charge is -2.32. The molecule has 2 aromatic carbocycles. The van der Waals surface area contributed by atoms with E-state index >= 15 is 0 Å². The number of benzene rings is 2. The van der Waals surface area contributed by atoms with Gasteiger partial charge in [-0.2, -0.15) is 0 Å². The molecule has 2 N–H and O–H groups in total. The second-order valence-corrected chi connectivity index (χ2v) is 10.6. The molecule has 2 aromatic heterocycles. The zero-order valence-corrected chi connectivity index (χ0v) is 21.3. The average molecular weight is 487 g/mol. The summed E-state index contributed by atoms with van der Waals surface area (Å²) in [5.74, 6) is 0.987. The smallest absolute Gasteiger partial charge is 0.250 e. The molecule has 0 radical (unpaired) electrons. The SMILES string of the molecule is Cc1noc(C)c1-c1cc(C(N)=O)c2c(c1)c1ccc(CC(C)N3CCOCC3)cc1n2CC1CC1. The summed E-state index contributed by atoms with van der Waals surface area (Å²) in [7, 11) is 0. The summed E-state index contributed by atoms with van der Waals surface area (Å²) in [4.78, 5) is 15.3. The summed E-state index contributed by atoms with van der Waals surface area (Å²) in [6.45, 7) is 10.6. The molecule has 1 aliphatic heterocycles. The molecular weight excluding hydrogens is 452 g/mol. The zero-order valence-electron chi connectivity index (χ0n) is 21.3. The van der Waals surface area contributed by atoms with Crippen LogP contribution < -0.4 is 5.73 Å². The number of carbonyl (C=O) groups is 1. The van der Waals surface area contributed by atoms with Crippen LogP contribution >= 0.6 is 0 Å². The summed E-state index contributed by atoms with van der Waals surface area (Å²) in [5, 5.41) is 6.35. The first kappa shape index (κ1) is 23.3. The Morgan fingerprint density at radius 2 is 1.92 bits per heavy atom. The van der Waals surface area contributed by atoms with E-state index in [1.54, 1.807) is 0 Å². The van der Waals surface area contributed by atoms with Gasteiger partial charge in [0.2, 0.25) is 0 Å². The predicted octanol–water partition coefficient (Wildman–Crippen LogP) is 4.84. The van der Waals surface area contributed by atoms with E-state index in [0.717, 1.165) is 78.1 Å². The molecule has 7 heteroatoms. The first-order valence-electron chi connectivity index (χ1n) is 13.0. The standard InChI is InChI=1S/C29H34N4O3/c1-17(32-8-10-35-11-9-32)12-21-6-7-23-24-14-22(27-18(2)31-36-19(27)3)15-25(29(30)34)28(24)33(26(23)13-21)16-20-4-5-20/h6-7,13-15,17,20H,4-5,8-12,16H2,1-3H3,(H2,30,34). The van der Waals surface area contributed by atoms with Gasteiger partial charge in [0.05, 0.1) is 30.0 Å². The molecule has 2 aliphatic rings. The quantitative estimate of drug-likeness (QED) is 0.404. The Balaban J connectivity index is 1.51. The molecule has 1 atom stereocenters. The van der Waals surface area contributed by atoms with Crippen molar-refractivity contribution < 1.29 is 14.1 Å². The number of morpholine rings is 1. The minimum absolute atomic E-state index is 0.408. The third kappa shape index (κ3) is 4.10. The summed E-state index contributed by atoms with van der Waals surface area (Å²) in [6, 6.07) is 11.3. The Kier molecular flexibility index (Phi) is 5.85. The van der Waals surface area contributed by atoms with Crippen LogP contribution in [0.1, 0.15) is 47.1 Å². The molecule has 1 unspecified atom stereocenters. The van der Waals surface area contributed by atoms with E-state index in [2.05, 4.69) is 45.8 Å². The molecule has 1 saturated heterocycles. The van der Waals surface area contributed by atoms with Gasteiger partial charge in [-0.1, -0.05) is 17.3 Å². The van der Waals surface area contributed by atoms with Crippen molar-refractivity contribution in [2.45, 2.75) is 52.6 Å². The molecule has 1 amide bonds. The maximum absolute atomic E-state index is 12.8. The molecular formula is C29H34N4O3. The van der Waals surface area contributed by atoms with Crippen molar-refractivity contribution in [1.29, 1.82) is 0 Å². The van der Waals surface area contributed by atoms with E-state index in [-0.39, 0.29) is 0 Å². The fourth-order valence-corrected chi connectivity index (χ4v) is 5.87. The second kappa shape index (κ2) is 9.05. The number of hydrogen-bond acceptors (Lipinski definition) is 5. The van der Waals surface area contributed by atoms with Crippen molar-refractivity contribution in [2.24, 2.45) is 11.7 Å². The van der Waals surface area contributed by atoms with Crippen LogP contribution in [0, 0.1) is 19.8 Å². The fourth-order valence-electron chi connectivity index (χ4n) is 5.87. The third-order valence-electron chi connectivity index (χ3n) is 7.95. The van der Waals surface area contributed by atoms with Crippen LogP contribution in [0.4, 0.5) is 0 Å². The van der Waals surface area contributed by atoms with E-state index in [1.807, 2.05) is 19.9 Å². The van der Waals surface area contributed by atoms with E-state index in [0.29, 0.717) is 17.5 Å². The lowest BCUT2D eigenvalue weighted by molar-refractivity contribution is 0.0203. The molecule has 36 heavy (non-hydrogen) atoms. The molecule has 0 spiro atoms. The summed E-state index contributed by atoms with van der Waals surface area (Å²) in [6.07, 6.45) is 3.45. The number of aromatic nitrogens is 2. The first-order chi connectivity index (χ1) is 17.4. The van der Waals surface area contributed by atoms with Gasteiger partial charge in [-0.15, -0.1) is 0 Å². The lowest BCUT2D eigenvalue weighted by Crippen LogP contribution is -2.43. The van der Waals surface area contributed by atoms with Crippen molar-refractivity contribution in [3.05, 3.63) is 52.9 Å². The topological polar surface area (TPSA) is 86.5 Å². The van der Waals surface area contributed by atoms with Crippen LogP contribution in [-0.2, 0) is 17.7 Å². The van der Waals surface area contributed by atoms with Gasteiger partial charge < -0.3 is 19.6 Å². The Labute approximate surface area is 211 Å². The van der Waals surface area contributed by atoms with Crippen LogP contribution in [0.5, 0.6) is 0 Å². The third-order valence-corrected chi connectivity index (χ3v) is 7.95. The molecule has 4 aromatic rings. The number of rotatable bonds is 7. The van der Waals surface area contributed by atoms with Crippen molar-refractivity contribution in [2.75, 3.05) is 26.3 Å². The number of fused-ring (bicyclic) bond motifs is 3. The van der Waals surface area contributed by atoms with Crippen molar-refractivity contribution >= 4 is 27.7 Å². The van der Waals surface area contributed by atoms with Crippen molar-refractivity contribution in [3.8, 4) is 11.1 Å². The Hall–Kier alpha value is -3.16. The van der Waals surface area contributed by atoms with Gasteiger partial charge >= 0.3 is 0 Å². The summed E-state index contributed by atoms with van der Waals surface area (Å²) in [5.41, 5.74) is 12.6. The van der Waals surface area contributed by atoms with Gasteiger partial charge in [-0.3, -0.25) is 9.69 Å². The summed E-state index contributed by atoms with van der Waals surface area (Å²) < 4.78 is 13.3. The van der Waals surface area contributed by atoms with E-state index in [1.165, 1.54) is 23.9 Å². The van der Waals surface area contributed by atoms with Crippen molar-refractivity contribution in [3.63, 3.8) is 0 Å². The number of nitrogens with zero attached hydrogens (tertiary/aromatic N) is 3. The molecule has 0 bridgehead atoms. The van der Waals surface area contributed by atoms with Gasteiger partial charge in [-0.05, 0) is 75.3 Å². The number of hydrogen-bond donors (Lipinski definition) is 1. The highest BCUT2D eigenvalue weighted by molar-refractivity contribution is 6.17. The minimum Gasteiger partial charge on any atom is -0.379 e. The number of aryl methyl sites for hydroxylation is 2. The van der Waals surface area contributed by atoms with Gasteiger partial charge in [-0.25, -0.2) is 0 Å². The highest BCUT2D eigenvalue weighted by Gasteiger charge is 2.27. The van der Waals surface area contributed by atoms with Gasteiger partial charge in [0.25, 0.3) is 5.91 Å². The number of primary amides is 1. The Morgan fingerprint density at radius 1 is 1.14 bits per heavy atom. The Bertz CT molecular complexity index is 1440. The lowest BCUT2D eigenvalue weighted by atomic mass is 9.97. The second-order valence-electron chi connectivity index (χ2n) is 10.6. The van der Waals surface area contributed by atoms with Crippen LogP contribution in [-0.4, -0.2) is 52.9 Å². The highest BCUT2D eigenvalue weighted by Crippen LogP contribution is 2.40. The van der Waals surface area contributed by atoms with E-state index in [9.17, 15) is 4.79 Å². The molecule has 1 aliphatic carbocycles. The monoisotopic (exact) mass is 486 g/mol. The van der Waals surface area contributed by atoms with Gasteiger partial charge in [0.1, 0.15) is 5.76 Å². The number of amides is 1. The largest absolute Gasteiger partial charge is 0.379 e. The number of carbonyl (C=O) groups excluding carboxylic acids is 1. The van der Waals surface area contributed by atoms with Gasteiger partial charge in [0.15, 0.2) is 0 Å². The summed E-state index contributed by atoms with van der Waals surface area (Å²) >= 11 is 0. The first-order valence-corrected chi connectivity index (χ1v) is 13.0. The maximum atomic E-state index is 12.8. The van der Waals surface area contributed by atoms with E-state index < -0.39 is 5.91 Å². The molecule has 2 fully saturated rings. The minimum atomic E-state index is -0.408. The van der Waals surface area contributed by atoms with Gasteiger partial charge in [0, 0.05) is 47.5 Å². The van der Waals surface area contributed by atoms with Crippen LogP contribution in [0.2, 0.25) is 0 Å². The van der Waals surface area contributed by atoms with Crippen molar-refractivity contribution in [1.82, 2.24) is 14.6 Å². The van der Waals surface area contributed by atoms with E-state index in [4.69, 9.17) is 15.0 Å². The van der Waals surface area contributed by atoms with Crippen LogP contribution in [0.25, 0.3) is 32.9 Å². The average Bonchev–Trinajstić information content (AvgIpc) is 3.57.